The molecule has 0 atom stereocenters. The largest absolute Gasteiger partial charge is 0.392 e. The first kappa shape index (κ1) is 15.3. The topological polar surface area (TPSA) is 67.6 Å². The average molecular weight is 273 g/mol. The Balaban J connectivity index is 2.14. The molecule has 6 heteroatoms. The van der Waals surface area contributed by atoms with Gasteiger partial charge in [0.2, 0.25) is 5.91 Å². The lowest BCUT2D eigenvalue weighted by Crippen LogP contribution is -2.46. The molecule has 18 heavy (non-hydrogen) atoms. The number of hydrogen-bond donors (Lipinski definition) is 2. The van der Waals surface area contributed by atoms with E-state index < -0.39 is 0 Å². The van der Waals surface area contributed by atoms with Crippen LogP contribution in [0, 0.1) is 0 Å². The Morgan fingerprint density at radius 3 is 2.72 bits per heavy atom. The predicted octanol–water partition coefficient (Wildman–Crippen LogP) is 0.280. The van der Waals surface area contributed by atoms with Crippen LogP contribution in [-0.4, -0.2) is 55.2 Å². The molecule has 0 spiro atoms. The van der Waals surface area contributed by atoms with Gasteiger partial charge in [-0.1, -0.05) is 12.2 Å². The molecule has 0 aromatic rings. The Kier molecular flexibility index (Phi) is 7.15. The highest BCUT2D eigenvalue weighted by molar-refractivity contribution is 7.80. The summed E-state index contributed by atoms with van der Waals surface area (Å²) in [7, 11) is 1.65. The van der Waals surface area contributed by atoms with Crippen LogP contribution in [0.25, 0.3) is 0 Å². The van der Waals surface area contributed by atoms with Crippen LogP contribution in [0.2, 0.25) is 0 Å². The number of thiocarbonyl (C=S) groups is 1. The van der Waals surface area contributed by atoms with Gasteiger partial charge in [-0.3, -0.25) is 9.69 Å². The minimum absolute atomic E-state index is 0.125. The lowest BCUT2D eigenvalue weighted by Gasteiger charge is -2.31. The van der Waals surface area contributed by atoms with Gasteiger partial charge in [0.15, 0.2) is 0 Å². The van der Waals surface area contributed by atoms with Crippen LogP contribution in [0.1, 0.15) is 25.7 Å². The Hall–Kier alpha value is -0.720. The van der Waals surface area contributed by atoms with E-state index in [0.29, 0.717) is 30.6 Å². The van der Waals surface area contributed by atoms with E-state index in [2.05, 4.69) is 10.2 Å². The summed E-state index contributed by atoms with van der Waals surface area (Å²) in [6, 6.07) is 0.294. The number of nitrogens with two attached hydrogens (primary N) is 1. The summed E-state index contributed by atoms with van der Waals surface area (Å²) < 4.78 is 4.92. The van der Waals surface area contributed by atoms with Crippen LogP contribution >= 0.6 is 12.2 Å². The predicted molar refractivity (Wildman–Crippen MR) is 75.5 cm³/mol. The minimum atomic E-state index is 0.125. The molecule has 104 valence electrons. The average Bonchev–Trinajstić information content (AvgIpc) is 2.31. The first-order valence-corrected chi connectivity index (χ1v) is 6.81. The molecule has 1 saturated heterocycles. The van der Waals surface area contributed by atoms with E-state index in [0.717, 1.165) is 32.4 Å². The fourth-order valence-electron chi connectivity index (χ4n) is 2.13. The van der Waals surface area contributed by atoms with Crippen molar-refractivity contribution >= 4 is 23.1 Å². The SMILES string of the molecule is COCCCC(=O)NC1CCN(CC(N)=S)CC1. The zero-order valence-electron chi connectivity index (χ0n) is 11.0. The fraction of sp³-hybridized carbons (Fsp3) is 0.833. The second-order valence-corrected chi connectivity index (χ2v) is 5.20. The molecule has 0 aromatic heterocycles. The second-order valence-electron chi connectivity index (χ2n) is 4.68. The summed E-state index contributed by atoms with van der Waals surface area (Å²) >= 11 is 4.89. The van der Waals surface area contributed by atoms with Crippen molar-refractivity contribution in [2.45, 2.75) is 31.7 Å². The van der Waals surface area contributed by atoms with Crippen LogP contribution in [0.4, 0.5) is 0 Å². The standard InChI is InChI=1S/C12H23N3O2S/c1-17-8-2-3-12(16)14-10-4-6-15(7-5-10)9-11(13)18/h10H,2-9H2,1H3,(H2,13,18)(H,14,16). The molecular formula is C12H23N3O2S. The van der Waals surface area contributed by atoms with E-state index in [9.17, 15) is 4.79 Å². The van der Waals surface area contributed by atoms with E-state index in [1.807, 2.05) is 0 Å². The first-order valence-electron chi connectivity index (χ1n) is 6.40. The molecule has 1 heterocycles. The van der Waals surface area contributed by atoms with Gasteiger partial charge in [-0.2, -0.15) is 0 Å². The molecule has 1 aliphatic heterocycles. The molecule has 1 rings (SSSR count). The summed E-state index contributed by atoms with van der Waals surface area (Å²) in [5.74, 6) is 0.125. The van der Waals surface area contributed by atoms with Crippen molar-refractivity contribution in [3.05, 3.63) is 0 Å². The summed E-state index contributed by atoms with van der Waals surface area (Å²) in [6.45, 7) is 3.21. The second kappa shape index (κ2) is 8.39. The first-order chi connectivity index (χ1) is 8.61. The van der Waals surface area contributed by atoms with Crippen molar-refractivity contribution in [3.63, 3.8) is 0 Å². The number of likely N-dealkylation sites (tertiary alicyclic amines) is 1. The molecule has 0 saturated carbocycles. The van der Waals surface area contributed by atoms with Crippen molar-refractivity contribution in [1.82, 2.24) is 10.2 Å². The van der Waals surface area contributed by atoms with Gasteiger partial charge < -0.3 is 15.8 Å². The van der Waals surface area contributed by atoms with E-state index in [-0.39, 0.29) is 5.91 Å². The maximum absolute atomic E-state index is 11.6. The number of nitrogens with zero attached hydrogens (tertiary/aromatic N) is 1. The quantitative estimate of drug-likeness (QED) is 0.515. The number of carbonyl (C=O) groups excluding carboxylic acids is 1. The van der Waals surface area contributed by atoms with E-state index in [1.165, 1.54) is 0 Å². The lowest BCUT2D eigenvalue weighted by molar-refractivity contribution is -0.122. The fourth-order valence-corrected chi connectivity index (χ4v) is 2.32. The highest BCUT2D eigenvalue weighted by atomic mass is 32.1. The molecule has 3 N–H and O–H groups in total. The van der Waals surface area contributed by atoms with Crippen molar-refractivity contribution in [2.75, 3.05) is 33.4 Å². The maximum Gasteiger partial charge on any atom is 0.220 e. The molecule has 0 aromatic carbocycles. The number of nitrogens with one attached hydrogen (secondary N) is 1. The summed E-state index contributed by atoms with van der Waals surface area (Å²) in [6.07, 6.45) is 3.26. The van der Waals surface area contributed by atoms with Gasteiger partial charge in [0.1, 0.15) is 0 Å². The minimum Gasteiger partial charge on any atom is -0.392 e. The van der Waals surface area contributed by atoms with Gasteiger partial charge in [0, 0.05) is 45.8 Å². The van der Waals surface area contributed by atoms with Crippen LogP contribution in [-0.2, 0) is 9.53 Å². The molecule has 0 bridgehead atoms. The zero-order chi connectivity index (χ0) is 13.4. The molecule has 0 aliphatic carbocycles. The van der Waals surface area contributed by atoms with E-state index >= 15 is 0 Å². The molecule has 5 nitrogen and oxygen atoms in total. The number of rotatable bonds is 7. The van der Waals surface area contributed by atoms with Gasteiger partial charge in [-0.25, -0.2) is 0 Å². The molecule has 1 amide bonds. The smallest absolute Gasteiger partial charge is 0.220 e. The normalized spacial score (nSPS) is 17.6. The van der Waals surface area contributed by atoms with Crippen molar-refractivity contribution in [3.8, 4) is 0 Å². The Labute approximate surface area is 114 Å². The molecule has 0 unspecified atom stereocenters. The summed E-state index contributed by atoms with van der Waals surface area (Å²) in [4.78, 5) is 14.4. The van der Waals surface area contributed by atoms with Gasteiger partial charge >= 0.3 is 0 Å². The molecule has 1 fully saturated rings. The Morgan fingerprint density at radius 1 is 1.50 bits per heavy atom. The number of piperidine rings is 1. The third-order valence-corrected chi connectivity index (χ3v) is 3.21. The van der Waals surface area contributed by atoms with Gasteiger partial charge in [-0.15, -0.1) is 0 Å². The summed E-state index contributed by atoms with van der Waals surface area (Å²) in [5, 5.41) is 3.07. The molecular weight excluding hydrogens is 250 g/mol. The van der Waals surface area contributed by atoms with Gasteiger partial charge in [0.05, 0.1) is 4.99 Å². The van der Waals surface area contributed by atoms with Crippen LogP contribution in [0.3, 0.4) is 0 Å². The van der Waals surface area contributed by atoms with Crippen molar-refractivity contribution < 1.29 is 9.53 Å². The Bertz CT molecular complexity index is 278. The van der Waals surface area contributed by atoms with Crippen molar-refractivity contribution in [1.29, 1.82) is 0 Å². The Morgan fingerprint density at radius 2 is 2.17 bits per heavy atom. The monoisotopic (exact) mass is 273 g/mol. The van der Waals surface area contributed by atoms with E-state index in [1.54, 1.807) is 7.11 Å². The highest BCUT2D eigenvalue weighted by Gasteiger charge is 2.20. The highest BCUT2D eigenvalue weighted by Crippen LogP contribution is 2.10. The van der Waals surface area contributed by atoms with Crippen LogP contribution in [0.5, 0.6) is 0 Å². The number of ether oxygens (including phenoxy) is 1. The van der Waals surface area contributed by atoms with Crippen molar-refractivity contribution in [2.24, 2.45) is 5.73 Å². The number of hydrogen-bond acceptors (Lipinski definition) is 4. The van der Waals surface area contributed by atoms with Crippen LogP contribution < -0.4 is 11.1 Å². The molecule has 0 radical (unpaired) electrons. The van der Waals surface area contributed by atoms with E-state index in [4.69, 9.17) is 22.7 Å². The number of amides is 1. The number of carbonyl (C=O) groups is 1. The van der Waals surface area contributed by atoms with Crippen LogP contribution in [0.15, 0.2) is 0 Å². The molecule has 1 aliphatic rings. The third kappa shape index (κ3) is 6.28. The number of methoxy groups -OCH3 is 1. The zero-order valence-corrected chi connectivity index (χ0v) is 11.8. The summed E-state index contributed by atoms with van der Waals surface area (Å²) in [5.41, 5.74) is 5.51. The van der Waals surface area contributed by atoms with Gasteiger partial charge in [0.25, 0.3) is 0 Å². The van der Waals surface area contributed by atoms with Gasteiger partial charge in [-0.05, 0) is 19.3 Å². The lowest BCUT2D eigenvalue weighted by atomic mass is 10.0. The third-order valence-electron chi connectivity index (χ3n) is 3.08. The maximum atomic E-state index is 11.6.